The molecule has 3 aromatic heterocycles. The van der Waals surface area contributed by atoms with E-state index < -0.39 is 30.1 Å². The van der Waals surface area contributed by atoms with Gasteiger partial charge in [-0.05, 0) is 58.1 Å². The van der Waals surface area contributed by atoms with Gasteiger partial charge in [0.25, 0.3) is 11.8 Å². The van der Waals surface area contributed by atoms with E-state index in [1.54, 1.807) is 17.5 Å². The fourth-order valence-electron chi connectivity index (χ4n) is 4.67. The molecule has 13 heteroatoms. The first-order chi connectivity index (χ1) is 16.5. The molecule has 0 saturated carbocycles. The molecule has 3 aromatic rings. The molecule has 7 nitrogen and oxygen atoms in total. The van der Waals surface area contributed by atoms with Crippen molar-refractivity contribution in [3.63, 3.8) is 0 Å². The predicted octanol–water partition coefficient (Wildman–Crippen LogP) is 5.90. The summed E-state index contributed by atoms with van der Waals surface area (Å²) in [4.78, 5) is 27.2. The van der Waals surface area contributed by atoms with Crippen molar-refractivity contribution in [1.82, 2.24) is 9.78 Å². The molecule has 0 unspecified atom stereocenters. The number of thiophene rings is 2. The van der Waals surface area contributed by atoms with Crippen LogP contribution in [0.4, 0.5) is 24.0 Å². The number of hydrogen-bond donors (Lipinski definition) is 3. The number of anilines is 2. The summed E-state index contributed by atoms with van der Waals surface area (Å²) in [7, 11) is 0. The van der Waals surface area contributed by atoms with Crippen LogP contribution in [0.2, 0.25) is 0 Å². The summed E-state index contributed by atoms with van der Waals surface area (Å²) in [6.45, 7) is 2.12. The lowest BCUT2D eigenvalue weighted by Gasteiger charge is -2.33. The van der Waals surface area contributed by atoms with Crippen LogP contribution in [0.5, 0.6) is 0 Å². The number of fused-ring (bicyclic) bond motifs is 2. The number of primary amides is 1. The fraction of sp³-hybridized carbons (Fsp3) is 0.409. The van der Waals surface area contributed by atoms with E-state index in [0.29, 0.717) is 17.3 Å². The monoisotopic (exact) mass is 587 g/mol. The van der Waals surface area contributed by atoms with Gasteiger partial charge in [0, 0.05) is 16.2 Å². The number of carbonyl (C=O) groups excluding carboxylic acids is 2. The number of carbonyl (C=O) groups is 2. The Hall–Kier alpha value is -2.38. The first kappa shape index (κ1) is 24.3. The van der Waals surface area contributed by atoms with E-state index in [1.807, 2.05) is 0 Å². The van der Waals surface area contributed by atoms with Crippen molar-refractivity contribution in [1.29, 1.82) is 0 Å². The number of nitrogens with one attached hydrogen (secondary N) is 2. The summed E-state index contributed by atoms with van der Waals surface area (Å²) in [6, 6.07) is 1.07. The standard InChI is InChI=1S/C22H21BrF3N5O2S2/c1-9-4-5-10-13(7-9)35-21(15(10)18(27)32)29-20(33)17-16(23)19-28-11(12-3-2-6-34-12)8-14(22(24,25)26)31(19)30-17/h2-3,6,9,11,14,28H,4-5,7-8H2,1H3,(H2,27,32)(H,29,33)/t9-,11+,14+/m0/s1. The van der Waals surface area contributed by atoms with Crippen LogP contribution in [0.15, 0.2) is 22.0 Å². The van der Waals surface area contributed by atoms with Crippen LogP contribution >= 0.6 is 38.6 Å². The third-order valence-corrected chi connectivity index (χ3v) is 9.29. The highest BCUT2D eigenvalue weighted by Gasteiger charge is 2.48. The number of alkyl halides is 3. The van der Waals surface area contributed by atoms with E-state index in [9.17, 15) is 22.8 Å². The van der Waals surface area contributed by atoms with Crippen LogP contribution in [-0.4, -0.2) is 27.8 Å². The number of nitrogens with two attached hydrogens (primary N) is 1. The van der Waals surface area contributed by atoms with Crippen molar-refractivity contribution in [2.24, 2.45) is 11.7 Å². The highest BCUT2D eigenvalue weighted by atomic mass is 79.9. The van der Waals surface area contributed by atoms with Gasteiger partial charge in [0.15, 0.2) is 11.7 Å². The maximum atomic E-state index is 14.0. The van der Waals surface area contributed by atoms with E-state index in [-0.39, 0.29) is 28.0 Å². The molecule has 35 heavy (non-hydrogen) atoms. The lowest BCUT2D eigenvalue weighted by atomic mass is 9.88. The number of amides is 2. The molecule has 1 aliphatic carbocycles. The summed E-state index contributed by atoms with van der Waals surface area (Å²) in [5, 5.41) is 11.9. The number of aromatic nitrogens is 2. The van der Waals surface area contributed by atoms with Crippen LogP contribution < -0.4 is 16.4 Å². The summed E-state index contributed by atoms with van der Waals surface area (Å²) >= 11 is 5.93. The molecule has 0 aromatic carbocycles. The van der Waals surface area contributed by atoms with Crippen molar-refractivity contribution in [2.75, 3.05) is 10.6 Å². The molecule has 3 atom stereocenters. The lowest BCUT2D eigenvalue weighted by molar-refractivity contribution is -0.173. The minimum Gasteiger partial charge on any atom is -0.365 e. The number of nitrogens with zero attached hydrogens (tertiary/aromatic N) is 2. The molecule has 186 valence electrons. The van der Waals surface area contributed by atoms with Crippen LogP contribution in [0.25, 0.3) is 0 Å². The third kappa shape index (κ3) is 4.38. The second kappa shape index (κ2) is 8.93. The normalized spacial score (nSPS) is 21.7. The molecule has 0 saturated heterocycles. The molecule has 2 aliphatic rings. The molecule has 4 heterocycles. The van der Waals surface area contributed by atoms with E-state index >= 15 is 0 Å². The summed E-state index contributed by atoms with van der Waals surface area (Å²) in [6.07, 6.45) is -2.44. The van der Waals surface area contributed by atoms with E-state index in [1.165, 1.54) is 22.7 Å². The average molecular weight is 588 g/mol. The summed E-state index contributed by atoms with van der Waals surface area (Å²) < 4.78 is 42.9. The Bertz CT molecular complexity index is 1300. The van der Waals surface area contributed by atoms with Crippen molar-refractivity contribution >= 4 is 61.2 Å². The Morgan fingerprint density at radius 3 is 2.80 bits per heavy atom. The smallest absolute Gasteiger partial charge is 0.365 e. The largest absolute Gasteiger partial charge is 0.410 e. The molecule has 0 fully saturated rings. The van der Waals surface area contributed by atoms with Crippen molar-refractivity contribution in [2.45, 2.75) is 50.9 Å². The Balaban J connectivity index is 1.50. The van der Waals surface area contributed by atoms with E-state index in [4.69, 9.17) is 5.73 Å². The molecular formula is C22H21BrF3N5O2S2. The van der Waals surface area contributed by atoms with Gasteiger partial charge in [0.2, 0.25) is 0 Å². The zero-order valence-corrected chi connectivity index (χ0v) is 21.6. The average Bonchev–Trinajstić information content (AvgIpc) is 3.50. The van der Waals surface area contributed by atoms with Crippen molar-refractivity contribution in [3.8, 4) is 0 Å². The molecule has 0 radical (unpaired) electrons. The van der Waals surface area contributed by atoms with Gasteiger partial charge in [0.05, 0.1) is 16.1 Å². The van der Waals surface area contributed by atoms with Crippen LogP contribution in [0.1, 0.15) is 68.0 Å². The first-order valence-electron chi connectivity index (χ1n) is 10.9. The van der Waals surface area contributed by atoms with Gasteiger partial charge in [-0.15, -0.1) is 22.7 Å². The Morgan fingerprint density at radius 2 is 2.14 bits per heavy atom. The van der Waals surface area contributed by atoms with Gasteiger partial charge in [-0.2, -0.15) is 18.3 Å². The van der Waals surface area contributed by atoms with Gasteiger partial charge in [-0.3, -0.25) is 9.59 Å². The summed E-state index contributed by atoms with van der Waals surface area (Å²) in [5.74, 6) is -0.839. The lowest BCUT2D eigenvalue weighted by Crippen LogP contribution is -2.35. The van der Waals surface area contributed by atoms with Gasteiger partial charge >= 0.3 is 6.18 Å². The molecule has 0 bridgehead atoms. The fourth-order valence-corrected chi connectivity index (χ4v) is 7.43. The van der Waals surface area contributed by atoms with E-state index in [2.05, 4.69) is 38.6 Å². The van der Waals surface area contributed by atoms with Crippen molar-refractivity contribution in [3.05, 3.63) is 48.6 Å². The molecule has 4 N–H and O–H groups in total. The Morgan fingerprint density at radius 1 is 1.37 bits per heavy atom. The topological polar surface area (TPSA) is 102 Å². The third-order valence-electron chi connectivity index (χ3n) is 6.38. The van der Waals surface area contributed by atoms with Crippen LogP contribution in [0.3, 0.4) is 0 Å². The highest BCUT2D eigenvalue weighted by Crippen LogP contribution is 2.47. The Kier molecular flexibility index (Phi) is 6.20. The van der Waals surface area contributed by atoms with E-state index in [0.717, 1.165) is 32.8 Å². The minimum absolute atomic E-state index is 0.0801. The first-order valence-corrected chi connectivity index (χ1v) is 13.4. The Labute approximate surface area is 215 Å². The van der Waals surface area contributed by atoms with Gasteiger partial charge < -0.3 is 16.4 Å². The van der Waals surface area contributed by atoms with Crippen LogP contribution in [0, 0.1) is 5.92 Å². The zero-order chi connectivity index (χ0) is 25.1. The number of halogens is 4. The quantitative estimate of drug-likeness (QED) is 0.353. The van der Waals surface area contributed by atoms with Crippen LogP contribution in [-0.2, 0) is 12.8 Å². The minimum atomic E-state index is -4.56. The number of hydrogen-bond acceptors (Lipinski definition) is 6. The second-order valence-corrected chi connectivity index (χ2v) is 11.7. The van der Waals surface area contributed by atoms with Gasteiger partial charge in [-0.1, -0.05) is 13.0 Å². The maximum Gasteiger partial charge on any atom is 0.410 e. The second-order valence-electron chi connectivity index (χ2n) is 8.84. The summed E-state index contributed by atoms with van der Waals surface area (Å²) in [5.41, 5.74) is 6.53. The maximum absolute atomic E-state index is 14.0. The molecule has 5 rings (SSSR count). The predicted molar refractivity (Wildman–Crippen MR) is 132 cm³/mol. The molecule has 2 amide bonds. The highest BCUT2D eigenvalue weighted by molar-refractivity contribution is 9.10. The van der Waals surface area contributed by atoms with Gasteiger partial charge in [-0.25, -0.2) is 4.68 Å². The van der Waals surface area contributed by atoms with Gasteiger partial charge in [0.1, 0.15) is 10.8 Å². The van der Waals surface area contributed by atoms with Crippen molar-refractivity contribution < 1.29 is 22.8 Å². The zero-order valence-electron chi connectivity index (χ0n) is 18.4. The molecule has 1 aliphatic heterocycles. The molecule has 0 spiro atoms. The SMILES string of the molecule is C[C@H]1CCc2c(sc(NC(=O)c3nn4c(c3Br)N[C@@H](c3cccs3)C[C@@H]4C(F)(F)F)c2C(N)=O)C1. The number of rotatable bonds is 4. The molecular weight excluding hydrogens is 567 g/mol.